The molecule has 0 aliphatic rings. The van der Waals surface area contributed by atoms with E-state index < -0.39 is 5.97 Å². The minimum absolute atomic E-state index is 0.104. The molecule has 0 spiro atoms. The average molecular weight is 325 g/mol. The predicted octanol–water partition coefficient (Wildman–Crippen LogP) is 2.02. The van der Waals surface area contributed by atoms with Crippen LogP contribution in [0.25, 0.3) is 11.4 Å². The highest BCUT2D eigenvalue weighted by molar-refractivity contribution is 7.08. The monoisotopic (exact) mass is 325 g/mol. The van der Waals surface area contributed by atoms with E-state index in [1.54, 1.807) is 24.3 Å². The Labute approximate surface area is 135 Å². The van der Waals surface area contributed by atoms with Gasteiger partial charge in [-0.1, -0.05) is 12.1 Å². The van der Waals surface area contributed by atoms with Crippen molar-refractivity contribution in [1.29, 1.82) is 5.26 Å². The highest BCUT2D eigenvalue weighted by Crippen LogP contribution is 2.16. The van der Waals surface area contributed by atoms with E-state index in [0.29, 0.717) is 11.4 Å². The fraction of sp³-hybridized carbons (Fsp3) is 0.133. The number of hydrogen-bond acceptors (Lipinski definition) is 7. The van der Waals surface area contributed by atoms with Crippen molar-refractivity contribution in [3.05, 3.63) is 52.2 Å². The molecule has 0 fully saturated rings. The van der Waals surface area contributed by atoms with Crippen LogP contribution in [0.3, 0.4) is 0 Å². The fourth-order valence-corrected chi connectivity index (χ4v) is 2.45. The van der Waals surface area contributed by atoms with Gasteiger partial charge in [0, 0.05) is 10.9 Å². The molecular weight excluding hydrogens is 314 g/mol. The highest BCUT2D eigenvalue weighted by Gasteiger charge is 2.10. The van der Waals surface area contributed by atoms with Gasteiger partial charge in [-0.3, -0.25) is 0 Å². The molecule has 114 valence electrons. The third-order valence-corrected chi connectivity index (χ3v) is 3.67. The lowest BCUT2D eigenvalue weighted by Gasteiger charge is -2.04. The lowest BCUT2D eigenvalue weighted by molar-refractivity contribution is -0.146. The van der Waals surface area contributed by atoms with E-state index in [4.69, 9.17) is 10.00 Å². The Morgan fingerprint density at radius 2 is 2.13 bits per heavy atom. The largest absolute Gasteiger partial charge is 0.459 e. The van der Waals surface area contributed by atoms with Gasteiger partial charge in [0.2, 0.25) is 5.82 Å². The molecule has 0 saturated carbocycles. The van der Waals surface area contributed by atoms with E-state index in [2.05, 4.69) is 15.4 Å². The predicted molar refractivity (Wildman–Crippen MR) is 82.1 cm³/mol. The number of hydrogen-bond donors (Lipinski definition) is 0. The second-order valence-corrected chi connectivity index (χ2v) is 5.40. The summed E-state index contributed by atoms with van der Waals surface area (Å²) in [5.74, 6) is 0.0229. The molecule has 0 unspecified atom stereocenters. The second kappa shape index (κ2) is 6.81. The van der Waals surface area contributed by atoms with Gasteiger partial charge >= 0.3 is 5.97 Å². The Morgan fingerprint density at radius 3 is 2.83 bits per heavy atom. The summed E-state index contributed by atoms with van der Waals surface area (Å²) < 4.78 is 5.16. The number of tetrazole rings is 1. The number of benzene rings is 1. The number of aromatic nitrogens is 4. The minimum atomic E-state index is -0.455. The maximum Gasteiger partial charge on any atom is 0.330 e. The van der Waals surface area contributed by atoms with Crippen LogP contribution in [0.15, 0.2) is 41.1 Å². The average Bonchev–Trinajstić information content (AvgIpc) is 3.24. The number of thiophene rings is 1. The van der Waals surface area contributed by atoms with Crippen molar-refractivity contribution in [2.45, 2.75) is 13.2 Å². The van der Waals surface area contributed by atoms with Crippen LogP contribution in [-0.4, -0.2) is 26.2 Å². The minimum Gasteiger partial charge on any atom is -0.459 e. The Bertz CT molecular complexity index is 834. The zero-order valence-corrected chi connectivity index (χ0v) is 12.7. The molecule has 3 rings (SSSR count). The van der Waals surface area contributed by atoms with Gasteiger partial charge < -0.3 is 4.74 Å². The third kappa shape index (κ3) is 3.78. The first-order valence-corrected chi connectivity index (χ1v) is 7.64. The smallest absolute Gasteiger partial charge is 0.330 e. The maximum absolute atomic E-state index is 11.8. The van der Waals surface area contributed by atoms with Gasteiger partial charge in [-0.05, 0) is 34.4 Å². The molecule has 0 saturated heterocycles. The van der Waals surface area contributed by atoms with Crippen LogP contribution in [0.4, 0.5) is 0 Å². The van der Waals surface area contributed by atoms with Crippen molar-refractivity contribution in [3.63, 3.8) is 0 Å². The molecule has 0 bridgehead atoms. The third-order valence-electron chi connectivity index (χ3n) is 2.99. The van der Waals surface area contributed by atoms with Gasteiger partial charge in [0.25, 0.3) is 0 Å². The van der Waals surface area contributed by atoms with Crippen molar-refractivity contribution in [3.8, 4) is 17.5 Å². The van der Waals surface area contributed by atoms with Crippen LogP contribution in [0.2, 0.25) is 0 Å². The molecule has 0 amide bonds. The molecule has 2 aromatic heterocycles. The molecule has 3 aromatic rings. The molecule has 2 heterocycles. The quantitative estimate of drug-likeness (QED) is 0.666. The Morgan fingerprint density at radius 1 is 1.30 bits per heavy atom. The van der Waals surface area contributed by atoms with E-state index >= 15 is 0 Å². The first kappa shape index (κ1) is 14.9. The topological polar surface area (TPSA) is 93.7 Å². The van der Waals surface area contributed by atoms with E-state index in [9.17, 15) is 4.79 Å². The number of ether oxygens (including phenoxy) is 1. The Balaban J connectivity index is 1.54. The van der Waals surface area contributed by atoms with Gasteiger partial charge in [0.1, 0.15) is 6.61 Å². The van der Waals surface area contributed by atoms with E-state index in [1.807, 2.05) is 22.9 Å². The summed E-state index contributed by atoms with van der Waals surface area (Å²) in [5.41, 5.74) is 2.24. The standard InChI is InChI=1S/C15H11N5O2S/c16-7-11-1-3-12(4-2-11)9-22-14(21)8-20-18-15(17-19-20)13-5-6-23-10-13/h1-6,10H,8-9H2. The number of esters is 1. The van der Waals surface area contributed by atoms with Gasteiger partial charge in [0.05, 0.1) is 11.6 Å². The summed E-state index contributed by atoms with van der Waals surface area (Å²) in [7, 11) is 0. The van der Waals surface area contributed by atoms with Crippen LogP contribution in [0.1, 0.15) is 11.1 Å². The maximum atomic E-state index is 11.8. The molecule has 0 N–H and O–H groups in total. The second-order valence-electron chi connectivity index (χ2n) is 4.62. The lowest BCUT2D eigenvalue weighted by atomic mass is 10.2. The molecule has 0 atom stereocenters. The van der Waals surface area contributed by atoms with Gasteiger partial charge in [-0.25, -0.2) is 4.79 Å². The molecule has 0 radical (unpaired) electrons. The molecule has 1 aromatic carbocycles. The number of carbonyl (C=O) groups is 1. The summed E-state index contributed by atoms with van der Waals surface area (Å²) in [6, 6.07) is 10.8. The van der Waals surface area contributed by atoms with E-state index in [-0.39, 0.29) is 13.2 Å². The van der Waals surface area contributed by atoms with Crippen molar-refractivity contribution >= 4 is 17.3 Å². The van der Waals surface area contributed by atoms with Crippen LogP contribution in [-0.2, 0) is 22.7 Å². The van der Waals surface area contributed by atoms with Gasteiger partial charge in [-0.15, -0.1) is 10.2 Å². The van der Waals surface area contributed by atoms with Crippen LogP contribution in [0.5, 0.6) is 0 Å². The summed E-state index contributed by atoms with van der Waals surface area (Å²) in [6.45, 7) is 0.0318. The SMILES string of the molecule is N#Cc1ccc(COC(=O)Cn2nnc(-c3ccsc3)n2)cc1. The first-order valence-electron chi connectivity index (χ1n) is 6.69. The molecule has 0 aliphatic heterocycles. The van der Waals surface area contributed by atoms with Crippen molar-refractivity contribution in [1.82, 2.24) is 20.2 Å². The number of nitrogens with zero attached hydrogens (tertiary/aromatic N) is 5. The first-order chi connectivity index (χ1) is 11.2. The van der Waals surface area contributed by atoms with Gasteiger partial charge in [-0.2, -0.15) is 21.4 Å². The van der Waals surface area contributed by atoms with Crippen LogP contribution < -0.4 is 0 Å². The lowest BCUT2D eigenvalue weighted by Crippen LogP contribution is -2.15. The molecule has 0 aliphatic carbocycles. The van der Waals surface area contributed by atoms with Crippen molar-refractivity contribution in [2.75, 3.05) is 0 Å². The van der Waals surface area contributed by atoms with Gasteiger partial charge in [0.15, 0.2) is 6.54 Å². The number of nitriles is 1. The summed E-state index contributed by atoms with van der Waals surface area (Å²) in [5, 5.41) is 24.4. The highest BCUT2D eigenvalue weighted by atomic mass is 32.1. The molecule has 8 heteroatoms. The zero-order valence-electron chi connectivity index (χ0n) is 11.9. The van der Waals surface area contributed by atoms with Crippen LogP contribution in [0, 0.1) is 11.3 Å². The normalized spacial score (nSPS) is 10.2. The molecule has 7 nitrogen and oxygen atoms in total. The summed E-state index contributed by atoms with van der Waals surface area (Å²) in [4.78, 5) is 13.0. The van der Waals surface area contributed by atoms with E-state index in [1.165, 1.54) is 16.1 Å². The number of carbonyl (C=O) groups excluding carboxylic acids is 1. The Kier molecular flexibility index (Phi) is 4.40. The fourth-order valence-electron chi connectivity index (χ4n) is 1.82. The van der Waals surface area contributed by atoms with E-state index in [0.717, 1.165) is 11.1 Å². The summed E-state index contributed by atoms with van der Waals surface area (Å²) in [6.07, 6.45) is 0. The Hall–Kier alpha value is -3.05. The number of rotatable bonds is 5. The van der Waals surface area contributed by atoms with Crippen molar-refractivity contribution < 1.29 is 9.53 Å². The molecular formula is C15H11N5O2S. The van der Waals surface area contributed by atoms with Crippen LogP contribution >= 0.6 is 11.3 Å². The summed E-state index contributed by atoms with van der Waals surface area (Å²) >= 11 is 1.54. The van der Waals surface area contributed by atoms with Crippen molar-refractivity contribution in [2.24, 2.45) is 0 Å². The molecule has 23 heavy (non-hydrogen) atoms. The zero-order chi connectivity index (χ0) is 16.1.